The molecule has 1 saturated heterocycles. The highest BCUT2D eigenvalue weighted by molar-refractivity contribution is 6.03. The summed E-state index contributed by atoms with van der Waals surface area (Å²) in [4.78, 5) is 31.7. The van der Waals surface area contributed by atoms with Gasteiger partial charge in [0.15, 0.2) is 0 Å². The molecule has 1 unspecified atom stereocenters. The molecule has 33 heavy (non-hydrogen) atoms. The number of anilines is 2. The SMILES string of the molecule is CCOc1ccc(NC(=O)C2CC(=O)N(c3cccc(-c4noc(C5CCC5)n4)c3)C2)cc1. The molecule has 170 valence electrons. The van der Waals surface area contributed by atoms with Crippen molar-refractivity contribution in [3.05, 3.63) is 54.4 Å². The zero-order valence-corrected chi connectivity index (χ0v) is 18.5. The Hall–Kier alpha value is -3.68. The summed E-state index contributed by atoms with van der Waals surface area (Å²) in [5, 5.41) is 7.02. The van der Waals surface area contributed by atoms with Gasteiger partial charge in [-0.25, -0.2) is 0 Å². The van der Waals surface area contributed by atoms with Crippen LogP contribution >= 0.6 is 0 Å². The smallest absolute Gasteiger partial charge is 0.230 e. The summed E-state index contributed by atoms with van der Waals surface area (Å²) in [6, 6.07) is 14.7. The molecule has 8 nitrogen and oxygen atoms in total. The van der Waals surface area contributed by atoms with Gasteiger partial charge >= 0.3 is 0 Å². The molecule has 1 aromatic heterocycles. The fraction of sp³-hybridized carbons (Fsp3) is 0.360. The number of aromatic nitrogens is 2. The minimum absolute atomic E-state index is 0.0812. The lowest BCUT2D eigenvalue weighted by Crippen LogP contribution is -2.28. The second-order valence-electron chi connectivity index (χ2n) is 8.49. The quantitative estimate of drug-likeness (QED) is 0.578. The molecule has 2 aromatic carbocycles. The van der Waals surface area contributed by atoms with Gasteiger partial charge in [0.25, 0.3) is 0 Å². The van der Waals surface area contributed by atoms with Gasteiger partial charge in [0.05, 0.1) is 12.5 Å². The van der Waals surface area contributed by atoms with Gasteiger partial charge in [-0.15, -0.1) is 0 Å². The van der Waals surface area contributed by atoms with Gasteiger partial charge in [0, 0.05) is 35.8 Å². The van der Waals surface area contributed by atoms with Crippen LogP contribution in [-0.2, 0) is 9.59 Å². The summed E-state index contributed by atoms with van der Waals surface area (Å²) in [6.07, 6.45) is 3.54. The average molecular weight is 447 g/mol. The van der Waals surface area contributed by atoms with Gasteiger partial charge in [-0.1, -0.05) is 23.7 Å². The van der Waals surface area contributed by atoms with Crippen LogP contribution in [0.4, 0.5) is 11.4 Å². The standard InChI is InChI=1S/C25H26N4O4/c1-2-32-21-11-9-19(10-12-21)26-24(31)18-14-22(30)29(15-18)20-8-4-7-17(13-20)23-27-25(33-28-23)16-5-3-6-16/h4,7-13,16,18H,2-3,5-6,14-15H2,1H3,(H,26,31). The Kier molecular flexibility index (Phi) is 5.81. The molecule has 3 aromatic rings. The molecule has 1 aliphatic heterocycles. The van der Waals surface area contributed by atoms with Gasteiger partial charge in [0.1, 0.15) is 5.75 Å². The van der Waals surface area contributed by atoms with Crippen molar-refractivity contribution in [2.75, 3.05) is 23.4 Å². The van der Waals surface area contributed by atoms with E-state index in [-0.39, 0.29) is 18.2 Å². The summed E-state index contributed by atoms with van der Waals surface area (Å²) >= 11 is 0. The van der Waals surface area contributed by atoms with Gasteiger partial charge in [-0.2, -0.15) is 4.98 Å². The van der Waals surface area contributed by atoms with Crippen LogP contribution in [0.15, 0.2) is 53.1 Å². The minimum atomic E-state index is -0.428. The summed E-state index contributed by atoms with van der Waals surface area (Å²) in [5.74, 6) is 1.64. The predicted molar refractivity (Wildman–Crippen MR) is 123 cm³/mol. The Morgan fingerprint density at radius 3 is 2.76 bits per heavy atom. The fourth-order valence-electron chi connectivity index (χ4n) is 4.16. The lowest BCUT2D eigenvalue weighted by atomic mass is 9.85. The minimum Gasteiger partial charge on any atom is -0.494 e. The molecular weight excluding hydrogens is 420 g/mol. The van der Waals surface area contributed by atoms with E-state index in [2.05, 4.69) is 15.5 Å². The van der Waals surface area contributed by atoms with E-state index in [1.54, 1.807) is 17.0 Å². The van der Waals surface area contributed by atoms with E-state index < -0.39 is 5.92 Å². The van der Waals surface area contributed by atoms with Crippen LogP contribution in [0.1, 0.15) is 44.4 Å². The number of ether oxygens (including phenoxy) is 1. The number of hydrogen-bond acceptors (Lipinski definition) is 6. The first-order chi connectivity index (χ1) is 16.1. The zero-order valence-electron chi connectivity index (χ0n) is 18.5. The van der Waals surface area contributed by atoms with Gasteiger partial charge in [0.2, 0.25) is 23.5 Å². The molecule has 2 amide bonds. The highest BCUT2D eigenvalue weighted by Gasteiger charge is 2.35. The van der Waals surface area contributed by atoms with Crippen molar-refractivity contribution in [2.24, 2.45) is 5.92 Å². The molecule has 0 radical (unpaired) electrons. The third-order valence-corrected chi connectivity index (χ3v) is 6.24. The van der Waals surface area contributed by atoms with Crippen LogP contribution in [-0.4, -0.2) is 35.1 Å². The number of hydrogen-bond donors (Lipinski definition) is 1. The molecule has 2 heterocycles. The van der Waals surface area contributed by atoms with E-state index in [1.807, 2.05) is 43.3 Å². The van der Waals surface area contributed by atoms with Crippen LogP contribution in [0.25, 0.3) is 11.4 Å². The van der Waals surface area contributed by atoms with Crippen LogP contribution < -0.4 is 15.0 Å². The van der Waals surface area contributed by atoms with Gasteiger partial charge < -0.3 is 19.5 Å². The van der Waals surface area contributed by atoms with Crippen molar-refractivity contribution in [3.63, 3.8) is 0 Å². The topological polar surface area (TPSA) is 97.6 Å². The molecule has 2 fully saturated rings. The number of rotatable bonds is 7. The van der Waals surface area contributed by atoms with Crippen molar-refractivity contribution in [3.8, 4) is 17.1 Å². The second kappa shape index (κ2) is 9.05. The fourth-order valence-corrected chi connectivity index (χ4v) is 4.16. The molecule has 8 heteroatoms. The third-order valence-electron chi connectivity index (χ3n) is 6.24. The second-order valence-corrected chi connectivity index (χ2v) is 8.49. The largest absolute Gasteiger partial charge is 0.494 e. The molecule has 1 atom stereocenters. The number of amides is 2. The Balaban J connectivity index is 1.26. The number of nitrogens with one attached hydrogen (secondary N) is 1. The van der Waals surface area contributed by atoms with Crippen LogP contribution in [0.3, 0.4) is 0 Å². The van der Waals surface area contributed by atoms with Crippen LogP contribution in [0.2, 0.25) is 0 Å². The van der Waals surface area contributed by atoms with E-state index in [0.29, 0.717) is 36.5 Å². The molecule has 1 aliphatic carbocycles. The van der Waals surface area contributed by atoms with Crippen molar-refractivity contribution in [1.29, 1.82) is 0 Å². The average Bonchev–Trinajstić information content (AvgIpc) is 3.41. The van der Waals surface area contributed by atoms with Crippen molar-refractivity contribution < 1.29 is 18.8 Å². The Bertz CT molecular complexity index is 1150. The first-order valence-electron chi connectivity index (χ1n) is 11.4. The Labute approximate surface area is 191 Å². The van der Waals surface area contributed by atoms with Gasteiger partial charge in [-0.05, 0) is 56.2 Å². The van der Waals surface area contributed by atoms with Crippen LogP contribution in [0, 0.1) is 5.92 Å². The maximum absolute atomic E-state index is 12.8. The highest BCUT2D eigenvalue weighted by atomic mass is 16.5. The lowest BCUT2D eigenvalue weighted by molar-refractivity contribution is -0.122. The molecule has 0 bridgehead atoms. The number of carbonyl (C=O) groups is 2. The number of carbonyl (C=O) groups excluding carboxylic acids is 2. The molecule has 1 N–H and O–H groups in total. The summed E-state index contributed by atoms with van der Waals surface area (Å²) in [7, 11) is 0. The molecule has 1 saturated carbocycles. The maximum Gasteiger partial charge on any atom is 0.230 e. The van der Waals surface area contributed by atoms with E-state index in [9.17, 15) is 9.59 Å². The van der Waals surface area contributed by atoms with Crippen molar-refractivity contribution in [2.45, 2.75) is 38.5 Å². The highest BCUT2D eigenvalue weighted by Crippen LogP contribution is 2.36. The summed E-state index contributed by atoms with van der Waals surface area (Å²) in [6.45, 7) is 2.83. The number of benzene rings is 2. The first-order valence-corrected chi connectivity index (χ1v) is 11.4. The van der Waals surface area contributed by atoms with E-state index in [4.69, 9.17) is 9.26 Å². The van der Waals surface area contributed by atoms with E-state index in [0.717, 1.165) is 29.8 Å². The molecule has 5 rings (SSSR count). The zero-order chi connectivity index (χ0) is 22.8. The molecular formula is C25H26N4O4. The Morgan fingerprint density at radius 1 is 1.21 bits per heavy atom. The third kappa shape index (κ3) is 4.46. The summed E-state index contributed by atoms with van der Waals surface area (Å²) < 4.78 is 10.9. The van der Waals surface area contributed by atoms with Crippen molar-refractivity contribution in [1.82, 2.24) is 10.1 Å². The maximum atomic E-state index is 12.8. The first kappa shape index (κ1) is 21.2. The predicted octanol–water partition coefficient (Wildman–Crippen LogP) is 4.39. The monoisotopic (exact) mass is 446 g/mol. The van der Waals surface area contributed by atoms with Gasteiger partial charge in [-0.3, -0.25) is 9.59 Å². The summed E-state index contributed by atoms with van der Waals surface area (Å²) in [5.41, 5.74) is 2.19. The lowest BCUT2D eigenvalue weighted by Gasteiger charge is -2.20. The molecule has 2 aliphatic rings. The Morgan fingerprint density at radius 2 is 2.03 bits per heavy atom. The van der Waals surface area contributed by atoms with Crippen molar-refractivity contribution >= 4 is 23.2 Å². The molecule has 0 spiro atoms. The van der Waals surface area contributed by atoms with Crippen LogP contribution in [0.5, 0.6) is 5.75 Å². The van der Waals surface area contributed by atoms with E-state index in [1.165, 1.54) is 6.42 Å². The normalized spacial score (nSPS) is 18.3. The number of nitrogens with zero attached hydrogens (tertiary/aromatic N) is 3. The van der Waals surface area contributed by atoms with E-state index >= 15 is 0 Å².